The lowest BCUT2D eigenvalue weighted by molar-refractivity contribution is -0.143. The zero-order valence-corrected chi connectivity index (χ0v) is 43.5. The maximum Gasteiger partial charge on any atom is 0.305 e. The summed E-state index contributed by atoms with van der Waals surface area (Å²) >= 11 is 0. The van der Waals surface area contributed by atoms with Crippen molar-refractivity contribution in [2.75, 3.05) is 13.2 Å². The summed E-state index contributed by atoms with van der Waals surface area (Å²) in [4.78, 5) is 24.5. The largest absolute Gasteiger partial charge is 0.466 e. The van der Waals surface area contributed by atoms with Crippen molar-refractivity contribution in [3.8, 4) is 0 Å². The molecule has 1 amide bonds. The molecule has 3 N–H and O–H groups in total. The lowest BCUT2D eigenvalue weighted by Crippen LogP contribution is -2.45. The second kappa shape index (κ2) is 54.7. The summed E-state index contributed by atoms with van der Waals surface area (Å²) in [6.45, 7) is 4.90. The lowest BCUT2D eigenvalue weighted by Gasteiger charge is -2.22. The number of ether oxygens (including phenoxy) is 1. The summed E-state index contributed by atoms with van der Waals surface area (Å²) in [5.74, 6) is -0.0536. The van der Waals surface area contributed by atoms with Crippen molar-refractivity contribution in [3.63, 3.8) is 0 Å². The molecule has 0 aliphatic heterocycles. The van der Waals surface area contributed by atoms with Crippen molar-refractivity contribution in [1.82, 2.24) is 5.32 Å². The predicted molar refractivity (Wildman–Crippen MR) is 283 cm³/mol. The van der Waals surface area contributed by atoms with Crippen molar-refractivity contribution < 1.29 is 24.5 Å². The molecule has 6 heteroatoms. The van der Waals surface area contributed by atoms with E-state index in [-0.39, 0.29) is 18.5 Å². The average molecular weight is 915 g/mol. The number of carbonyl (C=O) groups is 2. The van der Waals surface area contributed by atoms with Gasteiger partial charge in [-0.1, -0.05) is 243 Å². The first-order chi connectivity index (χ1) is 32.0. The zero-order chi connectivity index (χ0) is 47.2. The normalized spacial score (nSPS) is 12.9. The standard InChI is InChI=1S/C59H111NO5/c1-3-5-7-9-11-13-15-17-18-19-20-23-26-29-33-37-41-45-49-53-59(64)65-54-50-46-42-38-34-30-27-24-21-22-25-28-32-36-40-44-48-52-58(63)60-56(55-61)57(62)51-47-43-39-35-31-16-14-12-10-8-6-4-2/h11,13,17-18,21,24,56-57,61-62H,3-10,12,14-16,19-20,22-23,25-55H2,1-2H3,(H,60,63)/b13-11-,18-17-,24-21-. The Kier molecular flexibility index (Phi) is 53.1. The average Bonchev–Trinajstić information content (AvgIpc) is 3.31. The summed E-state index contributed by atoms with van der Waals surface area (Å²) in [5, 5.41) is 23.2. The number of allylic oxidation sites excluding steroid dienone is 6. The van der Waals surface area contributed by atoms with Gasteiger partial charge in [-0.2, -0.15) is 0 Å². The number of hydrogen-bond acceptors (Lipinski definition) is 5. The Balaban J connectivity index is 3.43. The molecule has 0 aromatic rings. The van der Waals surface area contributed by atoms with E-state index in [0.717, 1.165) is 64.2 Å². The van der Waals surface area contributed by atoms with Gasteiger partial charge in [-0.25, -0.2) is 0 Å². The first-order valence-electron chi connectivity index (χ1n) is 28.7. The summed E-state index contributed by atoms with van der Waals surface area (Å²) in [6, 6.07) is -0.550. The molecule has 6 nitrogen and oxygen atoms in total. The first kappa shape index (κ1) is 63.1. The zero-order valence-electron chi connectivity index (χ0n) is 43.5. The van der Waals surface area contributed by atoms with Gasteiger partial charge in [0.15, 0.2) is 0 Å². The molecule has 65 heavy (non-hydrogen) atoms. The van der Waals surface area contributed by atoms with Crippen LogP contribution < -0.4 is 5.32 Å². The van der Waals surface area contributed by atoms with Crippen LogP contribution in [0, 0.1) is 0 Å². The molecule has 0 spiro atoms. The number of carbonyl (C=O) groups excluding carboxylic acids is 2. The number of amides is 1. The highest BCUT2D eigenvalue weighted by Crippen LogP contribution is 2.16. The summed E-state index contributed by atoms with van der Waals surface area (Å²) in [7, 11) is 0. The first-order valence-corrected chi connectivity index (χ1v) is 28.7. The maximum absolute atomic E-state index is 12.4. The quantitative estimate of drug-likeness (QED) is 0.0321. The molecule has 0 aliphatic rings. The Morgan fingerprint density at radius 2 is 0.769 bits per heavy atom. The number of hydrogen-bond donors (Lipinski definition) is 3. The van der Waals surface area contributed by atoms with Crippen LogP contribution in [0.3, 0.4) is 0 Å². The molecule has 382 valence electrons. The molecule has 2 unspecified atom stereocenters. The van der Waals surface area contributed by atoms with E-state index in [1.165, 1.54) is 205 Å². The molecule has 0 saturated heterocycles. The summed E-state index contributed by atoms with van der Waals surface area (Å²) < 4.78 is 5.48. The molecule has 0 heterocycles. The molecule has 0 aromatic carbocycles. The Labute approximate surface area is 404 Å². The van der Waals surface area contributed by atoms with Crippen LogP contribution in [0.2, 0.25) is 0 Å². The predicted octanol–water partition coefficient (Wildman–Crippen LogP) is 17.6. The van der Waals surface area contributed by atoms with E-state index in [1.54, 1.807) is 0 Å². The fourth-order valence-corrected chi connectivity index (χ4v) is 8.72. The Morgan fingerprint density at radius 1 is 0.431 bits per heavy atom. The Hall–Kier alpha value is -1.92. The van der Waals surface area contributed by atoms with Crippen LogP contribution in [0.4, 0.5) is 0 Å². The van der Waals surface area contributed by atoms with Crippen molar-refractivity contribution in [2.45, 2.75) is 315 Å². The van der Waals surface area contributed by atoms with E-state index in [2.05, 4.69) is 55.6 Å². The van der Waals surface area contributed by atoms with Crippen molar-refractivity contribution >= 4 is 11.9 Å². The van der Waals surface area contributed by atoms with Gasteiger partial charge in [-0.3, -0.25) is 9.59 Å². The highest BCUT2D eigenvalue weighted by Gasteiger charge is 2.20. The van der Waals surface area contributed by atoms with E-state index in [1.807, 2.05) is 0 Å². The number of rotatable bonds is 53. The fraction of sp³-hybridized carbons (Fsp3) is 0.864. The SMILES string of the molecule is CCCCC/C=C\C/C=C\CCCCCCCCCCCC(=O)OCCCCCCCC/C=C\CCCCCCCCCC(=O)NC(CO)C(O)CCCCCCCCCCCCCC. The van der Waals surface area contributed by atoms with Gasteiger partial charge < -0.3 is 20.3 Å². The van der Waals surface area contributed by atoms with Crippen LogP contribution in [0.25, 0.3) is 0 Å². The van der Waals surface area contributed by atoms with Crippen molar-refractivity contribution in [3.05, 3.63) is 36.5 Å². The Bertz CT molecular complexity index is 1060. The van der Waals surface area contributed by atoms with Gasteiger partial charge in [0.25, 0.3) is 0 Å². The van der Waals surface area contributed by atoms with Crippen LogP contribution in [0.1, 0.15) is 303 Å². The number of nitrogens with one attached hydrogen (secondary N) is 1. The van der Waals surface area contributed by atoms with Gasteiger partial charge in [0, 0.05) is 12.8 Å². The lowest BCUT2D eigenvalue weighted by atomic mass is 10.0. The highest BCUT2D eigenvalue weighted by molar-refractivity contribution is 5.76. The number of unbranched alkanes of at least 4 members (excludes halogenated alkanes) is 36. The smallest absolute Gasteiger partial charge is 0.305 e. The van der Waals surface area contributed by atoms with Gasteiger partial charge in [0.05, 0.1) is 25.4 Å². The second-order valence-corrected chi connectivity index (χ2v) is 19.6. The molecule has 0 fully saturated rings. The van der Waals surface area contributed by atoms with Crippen LogP contribution in [-0.2, 0) is 14.3 Å². The number of esters is 1. The highest BCUT2D eigenvalue weighted by atomic mass is 16.5. The van der Waals surface area contributed by atoms with Gasteiger partial charge in [0.1, 0.15) is 0 Å². The number of aliphatic hydroxyl groups excluding tert-OH is 2. The summed E-state index contributed by atoms with van der Waals surface area (Å²) in [6.07, 6.45) is 67.0. The number of aliphatic hydroxyl groups is 2. The van der Waals surface area contributed by atoms with Crippen LogP contribution in [-0.4, -0.2) is 47.4 Å². The topological polar surface area (TPSA) is 95.9 Å². The third-order valence-electron chi connectivity index (χ3n) is 13.2. The molecular formula is C59H111NO5. The molecule has 0 bridgehead atoms. The molecule has 0 radical (unpaired) electrons. The van der Waals surface area contributed by atoms with Gasteiger partial charge in [0.2, 0.25) is 5.91 Å². The van der Waals surface area contributed by atoms with Crippen LogP contribution >= 0.6 is 0 Å². The van der Waals surface area contributed by atoms with E-state index >= 15 is 0 Å². The molecule has 0 saturated carbocycles. The van der Waals surface area contributed by atoms with E-state index in [9.17, 15) is 19.8 Å². The second-order valence-electron chi connectivity index (χ2n) is 19.6. The molecule has 2 atom stereocenters. The molecular weight excluding hydrogens is 803 g/mol. The molecule has 0 rings (SSSR count). The third-order valence-corrected chi connectivity index (χ3v) is 13.2. The van der Waals surface area contributed by atoms with E-state index in [0.29, 0.717) is 25.9 Å². The minimum absolute atomic E-state index is 0.00579. The third kappa shape index (κ3) is 51.3. The molecule has 0 aromatic heterocycles. The van der Waals surface area contributed by atoms with Gasteiger partial charge in [-0.05, 0) is 83.5 Å². The minimum Gasteiger partial charge on any atom is -0.466 e. The minimum atomic E-state index is -0.671. The van der Waals surface area contributed by atoms with Crippen molar-refractivity contribution in [2.24, 2.45) is 0 Å². The van der Waals surface area contributed by atoms with Crippen LogP contribution in [0.15, 0.2) is 36.5 Å². The van der Waals surface area contributed by atoms with E-state index in [4.69, 9.17) is 4.74 Å². The maximum atomic E-state index is 12.4. The van der Waals surface area contributed by atoms with Gasteiger partial charge >= 0.3 is 5.97 Å². The van der Waals surface area contributed by atoms with Crippen LogP contribution in [0.5, 0.6) is 0 Å². The van der Waals surface area contributed by atoms with Crippen molar-refractivity contribution in [1.29, 1.82) is 0 Å². The molecule has 0 aliphatic carbocycles. The summed E-state index contributed by atoms with van der Waals surface area (Å²) in [5.41, 5.74) is 0. The monoisotopic (exact) mass is 914 g/mol. The van der Waals surface area contributed by atoms with E-state index < -0.39 is 12.1 Å². The van der Waals surface area contributed by atoms with Gasteiger partial charge in [-0.15, -0.1) is 0 Å². The Morgan fingerprint density at radius 3 is 1.22 bits per heavy atom. The fourth-order valence-electron chi connectivity index (χ4n) is 8.72.